The number of nitro benzene ring substituents is 1. The summed E-state index contributed by atoms with van der Waals surface area (Å²) >= 11 is 0. The summed E-state index contributed by atoms with van der Waals surface area (Å²) in [6.45, 7) is 4.50. The fourth-order valence-corrected chi connectivity index (χ4v) is 2.83. The summed E-state index contributed by atoms with van der Waals surface area (Å²) < 4.78 is 5.09. The molecular weight excluding hydrogens is 342 g/mol. The number of rotatable bonds is 4. The van der Waals surface area contributed by atoms with E-state index in [1.54, 1.807) is 13.8 Å². The smallest absolute Gasteiger partial charge is 0.338 e. The summed E-state index contributed by atoms with van der Waals surface area (Å²) in [5, 5.41) is 11.1. The van der Waals surface area contributed by atoms with Gasteiger partial charge in [-0.25, -0.2) is 9.59 Å². The van der Waals surface area contributed by atoms with Crippen molar-refractivity contribution in [2.45, 2.75) is 26.8 Å². The molecule has 0 radical (unpaired) electrons. The number of nitrogens with zero attached hydrogens (tertiary/aromatic N) is 3. The number of esters is 1. The zero-order chi connectivity index (χ0) is 19.6. The molecule has 138 valence electrons. The monoisotopic (exact) mass is 361 g/mol. The Labute approximate surface area is 150 Å². The average Bonchev–Trinajstić information content (AvgIpc) is 2.59. The van der Waals surface area contributed by atoms with Crippen molar-refractivity contribution in [1.82, 2.24) is 9.80 Å². The number of ether oxygens (including phenoxy) is 1. The number of allylic oxidation sites excluding steroid dienone is 1. The van der Waals surface area contributed by atoms with Crippen molar-refractivity contribution >= 4 is 23.6 Å². The second-order valence-electron chi connectivity index (χ2n) is 5.70. The van der Waals surface area contributed by atoms with Crippen LogP contribution in [0, 0.1) is 10.1 Å². The minimum atomic E-state index is -1.10. The average molecular weight is 361 g/mol. The summed E-state index contributed by atoms with van der Waals surface area (Å²) in [7, 11) is 1.44. The molecule has 9 nitrogen and oxygen atoms in total. The van der Waals surface area contributed by atoms with Crippen LogP contribution < -0.4 is 0 Å². The standard InChI is InChI=1S/C17H19N3O6/c1-5-26-16(22)14-10(2)18(4)17(23)19(11(3)21)15(14)12-7-6-8-13(9-12)20(24)25/h6-9,15H,5H2,1-4H3. The van der Waals surface area contributed by atoms with Gasteiger partial charge in [0, 0.05) is 31.8 Å². The van der Waals surface area contributed by atoms with Crippen LogP contribution in [0.3, 0.4) is 0 Å². The minimum Gasteiger partial charge on any atom is -0.463 e. The van der Waals surface area contributed by atoms with Crippen LogP contribution in [0.4, 0.5) is 10.5 Å². The predicted octanol–water partition coefficient (Wildman–Crippen LogP) is 2.39. The Balaban J connectivity index is 2.73. The van der Waals surface area contributed by atoms with Gasteiger partial charge < -0.3 is 9.64 Å². The van der Waals surface area contributed by atoms with E-state index in [-0.39, 0.29) is 23.4 Å². The number of hydrogen-bond donors (Lipinski definition) is 0. The largest absolute Gasteiger partial charge is 0.463 e. The Bertz CT molecular complexity index is 816. The van der Waals surface area contributed by atoms with Crippen LogP contribution >= 0.6 is 0 Å². The molecule has 1 aromatic carbocycles. The number of hydrogen-bond acceptors (Lipinski definition) is 6. The van der Waals surface area contributed by atoms with E-state index in [9.17, 15) is 24.5 Å². The van der Waals surface area contributed by atoms with Crippen molar-refractivity contribution in [2.75, 3.05) is 13.7 Å². The molecule has 26 heavy (non-hydrogen) atoms. The lowest BCUT2D eigenvalue weighted by molar-refractivity contribution is -0.384. The zero-order valence-electron chi connectivity index (χ0n) is 14.9. The summed E-state index contributed by atoms with van der Waals surface area (Å²) in [6, 6.07) is 3.77. The first-order valence-corrected chi connectivity index (χ1v) is 7.90. The molecule has 0 spiro atoms. The summed E-state index contributed by atoms with van der Waals surface area (Å²) in [6.07, 6.45) is 0. The molecular formula is C17H19N3O6. The van der Waals surface area contributed by atoms with Gasteiger partial charge in [-0.05, 0) is 19.4 Å². The van der Waals surface area contributed by atoms with Gasteiger partial charge in [0.15, 0.2) is 0 Å². The van der Waals surface area contributed by atoms with Crippen molar-refractivity contribution in [3.05, 3.63) is 51.2 Å². The maximum atomic E-state index is 12.6. The van der Waals surface area contributed by atoms with Gasteiger partial charge >= 0.3 is 12.0 Å². The third-order valence-corrected chi connectivity index (χ3v) is 4.15. The Kier molecular flexibility index (Phi) is 5.39. The molecule has 9 heteroatoms. The molecule has 0 aliphatic carbocycles. The highest BCUT2D eigenvalue weighted by Crippen LogP contribution is 2.38. The van der Waals surface area contributed by atoms with Crippen LogP contribution in [-0.2, 0) is 14.3 Å². The van der Waals surface area contributed by atoms with E-state index < -0.39 is 28.9 Å². The van der Waals surface area contributed by atoms with E-state index >= 15 is 0 Å². The second kappa shape index (κ2) is 7.34. The first kappa shape index (κ1) is 19.1. The Morgan fingerprint density at radius 2 is 2.00 bits per heavy atom. The Morgan fingerprint density at radius 1 is 1.35 bits per heavy atom. The van der Waals surface area contributed by atoms with E-state index in [1.807, 2.05) is 0 Å². The van der Waals surface area contributed by atoms with Gasteiger partial charge in [-0.1, -0.05) is 12.1 Å². The van der Waals surface area contributed by atoms with Gasteiger partial charge in [-0.3, -0.25) is 19.8 Å². The zero-order valence-corrected chi connectivity index (χ0v) is 14.9. The van der Waals surface area contributed by atoms with E-state index in [2.05, 4.69) is 0 Å². The van der Waals surface area contributed by atoms with Gasteiger partial charge in [0.25, 0.3) is 5.69 Å². The van der Waals surface area contributed by atoms with Crippen molar-refractivity contribution < 1.29 is 24.0 Å². The number of nitro groups is 1. The highest BCUT2D eigenvalue weighted by atomic mass is 16.6. The predicted molar refractivity (Wildman–Crippen MR) is 90.8 cm³/mol. The number of carbonyl (C=O) groups excluding carboxylic acids is 3. The molecule has 0 bridgehead atoms. The Hall–Kier alpha value is -3.23. The van der Waals surface area contributed by atoms with Crippen LogP contribution in [-0.4, -0.2) is 46.3 Å². The lowest BCUT2D eigenvalue weighted by atomic mass is 9.93. The van der Waals surface area contributed by atoms with Crippen molar-refractivity contribution in [3.8, 4) is 0 Å². The molecule has 3 amide bonds. The number of amides is 3. The molecule has 1 aliphatic rings. The number of urea groups is 1. The first-order valence-electron chi connectivity index (χ1n) is 7.90. The fourth-order valence-electron chi connectivity index (χ4n) is 2.83. The maximum Gasteiger partial charge on any atom is 0.338 e. The molecule has 0 N–H and O–H groups in total. The minimum absolute atomic E-state index is 0.0876. The molecule has 1 aliphatic heterocycles. The topological polar surface area (TPSA) is 110 Å². The third kappa shape index (κ3) is 3.28. The van der Waals surface area contributed by atoms with E-state index in [1.165, 1.54) is 43.1 Å². The van der Waals surface area contributed by atoms with Gasteiger partial charge in [0.05, 0.1) is 17.1 Å². The second-order valence-corrected chi connectivity index (χ2v) is 5.70. The summed E-state index contributed by atoms with van der Waals surface area (Å²) in [5.41, 5.74) is 0.476. The highest BCUT2D eigenvalue weighted by molar-refractivity contribution is 6.01. The fraction of sp³-hybridized carbons (Fsp3) is 0.353. The maximum absolute atomic E-state index is 12.6. The highest BCUT2D eigenvalue weighted by Gasteiger charge is 2.43. The summed E-state index contributed by atoms with van der Waals surface area (Å²) in [5.74, 6) is -1.28. The van der Waals surface area contributed by atoms with E-state index in [0.29, 0.717) is 5.70 Å². The van der Waals surface area contributed by atoms with Crippen LogP contribution in [0.1, 0.15) is 32.4 Å². The SMILES string of the molecule is CCOC(=O)C1=C(C)N(C)C(=O)N(C(C)=O)C1c1cccc([N+](=O)[O-])c1. The molecule has 1 aromatic rings. The van der Waals surface area contributed by atoms with Gasteiger partial charge in [0.2, 0.25) is 5.91 Å². The number of benzene rings is 1. The van der Waals surface area contributed by atoms with E-state index in [4.69, 9.17) is 4.74 Å². The number of imide groups is 1. The lowest BCUT2D eigenvalue weighted by Gasteiger charge is -2.39. The van der Waals surface area contributed by atoms with Crippen LogP contribution in [0.5, 0.6) is 0 Å². The quantitative estimate of drug-likeness (QED) is 0.463. The van der Waals surface area contributed by atoms with Crippen LogP contribution in [0.2, 0.25) is 0 Å². The third-order valence-electron chi connectivity index (χ3n) is 4.15. The normalized spacial score (nSPS) is 17.4. The van der Waals surface area contributed by atoms with Crippen LogP contribution in [0.25, 0.3) is 0 Å². The molecule has 0 fully saturated rings. The van der Waals surface area contributed by atoms with Crippen molar-refractivity contribution in [3.63, 3.8) is 0 Å². The van der Waals surface area contributed by atoms with E-state index in [0.717, 1.165) is 4.90 Å². The molecule has 1 unspecified atom stereocenters. The number of carbonyl (C=O) groups is 3. The number of non-ortho nitro benzene ring substituents is 1. The molecule has 2 rings (SSSR count). The molecule has 1 heterocycles. The van der Waals surface area contributed by atoms with Gasteiger partial charge in [0.1, 0.15) is 6.04 Å². The molecule has 0 aromatic heterocycles. The Morgan fingerprint density at radius 3 is 2.54 bits per heavy atom. The van der Waals surface area contributed by atoms with Gasteiger partial charge in [-0.2, -0.15) is 0 Å². The molecule has 1 atom stereocenters. The molecule has 0 saturated heterocycles. The molecule has 0 saturated carbocycles. The van der Waals surface area contributed by atoms with Crippen molar-refractivity contribution in [2.24, 2.45) is 0 Å². The first-order chi connectivity index (χ1) is 12.2. The van der Waals surface area contributed by atoms with Crippen molar-refractivity contribution in [1.29, 1.82) is 0 Å². The van der Waals surface area contributed by atoms with Gasteiger partial charge in [-0.15, -0.1) is 0 Å². The lowest BCUT2D eigenvalue weighted by Crippen LogP contribution is -2.51. The summed E-state index contributed by atoms with van der Waals surface area (Å²) in [4.78, 5) is 49.9. The van der Waals surface area contributed by atoms with Crippen LogP contribution in [0.15, 0.2) is 35.5 Å².